The van der Waals surface area contributed by atoms with Crippen LogP contribution in [0.25, 0.3) is 11.0 Å². The first kappa shape index (κ1) is 14.5. The summed E-state index contributed by atoms with van der Waals surface area (Å²) in [5, 5.41) is 4.76. The molecule has 1 heterocycles. The first-order valence-electron chi connectivity index (χ1n) is 7.86. The SMILES string of the molecule is COc1cccc2cc(CNC3CCCC(C)(C)C3)oc12. The van der Waals surface area contributed by atoms with E-state index in [0.717, 1.165) is 29.0 Å². The summed E-state index contributed by atoms with van der Waals surface area (Å²) in [4.78, 5) is 0. The largest absolute Gasteiger partial charge is 0.493 e. The maximum Gasteiger partial charge on any atom is 0.176 e. The molecule has 2 aromatic rings. The molecule has 1 aromatic heterocycles. The van der Waals surface area contributed by atoms with Gasteiger partial charge in [0.05, 0.1) is 13.7 Å². The van der Waals surface area contributed by atoms with Gasteiger partial charge in [0.25, 0.3) is 0 Å². The van der Waals surface area contributed by atoms with E-state index in [1.54, 1.807) is 7.11 Å². The second kappa shape index (κ2) is 5.72. The van der Waals surface area contributed by atoms with Crippen LogP contribution in [0.3, 0.4) is 0 Å². The highest BCUT2D eigenvalue weighted by atomic mass is 16.5. The molecule has 21 heavy (non-hydrogen) atoms. The van der Waals surface area contributed by atoms with Crippen molar-refractivity contribution in [2.45, 2.75) is 52.1 Å². The topological polar surface area (TPSA) is 34.4 Å². The number of hydrogen-bond donors (Lipinski definition) is 1. The molecule has 1 aliphatic carbocycles. The number of hydrogen-bond acceptors (Lipinski definition) is 3. The van der Waals surface area contributed by atoms with Crippen molar-refractivity contribution in [3.05, 3.63) is 30.0 Å². The number of fused-ring (bicyclic) bond motifs is 1. The summed E-state index contributed by atoms with van der Waals surface area (Å²) in [6.07, 6.45) is 5.18. The number of rotatable bonds is 4. The van der Waals surface area contributed by atoms with Crippen LogP contribution in [0.1, 0.15) is 45.3 Å². The van der Waals surface area contributed by atoms with E-state index in [0.29, 0.717) is 11.5 Å². The van der Waals surface area contributed by atoms with Gasteiger partial charge in [-0.3, -0.25) is 0 Å². The van der Waals surface area contributed by atoms with Gasteiger partial charge in [0, 0.05) is 11.4 Å². The van der Waals surface area contributed by atoms with Crippen molar-refractivity contribution in [2.24, 2.45) is 5.41 Å². The Morgan fingerprint density at radius 3 is 3.00 bits per heavy atom. The van der Waals surface area contributed by atoms with Crippen LogP contribution in [-0.4, -0.2) is 13.2 Å². The third-order valence-corrected chi connectivity index (χ3v) is 4.55. The molecule has 114 valence electrons. The number of nitrogens with one attached hydrogen (secondary N) is 1. The summed E-state index contributed by atoms with van der Waals surface area (Å²) in [5.41, 5.74) is 1.31. The summed E-state index contributed by atoms with van der Waals surface area (Å²) in [5.74, 6) is 1.79. The van der Waals surface area contributed by atoms with Crippen LogP contribution in [0.5, 0.6) is 5.75 Å². The summed E-state index contributed by atoms with van der Waals surface area (Å²) in [6, 6.07) is 8.71. The van der Waals surface area contributed by atoms with Gasteiger partial charge < -0.3 is 14.5 Å². The molecule has 3 rings (SSSR count). The number of methoxy groups -OCH3 is 1. The van der Waals surface area contributed by atoms with Gasteiger partial charge in [-0.1, -0.05) is 32.4 Å². The van der Waals surface area contributed by atoms with Crippen LogP contribution in [0.2, 0.25) is 0 Å². The van der Waals surface area contributed by atoms with Crippen molar-refractivity contribution in [1.29, 1.82) is 0 Å². The average Bonchev–Trinajstić information content (AvgIpc) is 2.87. The Kier molecular flexibility index (Phi) is 3.94. The fourth-order valence-corrected chi connectivity index (χ4v) is 3.45. The number of benzene rings is 1. The molecular weight excluding hydrogens is 262 g/mol. The third kappa shape index (κ3) is 3.24. The van der Waals surface area contributed by atoms with Crippen molar-refractivity contribution >= 4 is 11.0 Å². The number of ether oxygens (including phenoxy) is 1. The standard InChI is InChI=1S/C18H25NO2/c1-18(2)9-5-7-14(11-18)19-12-15-10-13-6-4-8-16(20-3)17(13)21-15/h4,6,8,10,14,19H,5,7,9,11-12H2,1-3H3. The normalized spacial score (nSPS) is 21.6. The zero-order chi connectivity index (χ0) is 14.9. The van der Waals surface area contributed by atoms with Gasteiger partial charge in [-0.25, -0.2) is 0 Å². The Labute approximate surface area is 126 Å². The zero-order valence-electron chi connectivity index (χ0n) is 13.2. The minimum Gasteiger partial charge on any atom is -0.493 e. The van der Waals surface area contributed by atoms with Crippen LogP contribution in [0.4, 0.5) is 0 Å². The highest BCUT2D eigenvalue weighted by Gasteiger charge is 2.27. The predicted molar refractivity (Wildman–Crippen MR) is 85.6 cm³/mol. The van der Waals surface area contributed by atoms with Gasteiger partial charge in [-0.15, -0.1) is 0 Å². The minimum atomic E-state index is 0.465. The molecule has 1 saturated carbocycles. The second-order valence-corrected chi connectivity index (χ2v) is 6.93. The molecule has 0 saturated heterocycles. The lowest BCUT2D eigenvalue weighted by atomic mass is 9.75. The van der Waals surface area contributed by atoms with E-state index >= 15 is 0 Å². The third-order valence-electron chi connectivity index (χ3n) is 4.55. The minimum absolute atomic E-state index is 0.465. The smallest absolute Gasteiger partial charge is 0.176 e. The highest BCUT2D eigenvalue weighted by Crippen LogP contribution is 2.35. The predicted octanol–water partition coefficient (Wildman–Crippen LogP) is 4.50. The first-order valence-corrected chi connectivity index (χ1v) is 7.86. The van der Waals surface area contributed by atoms with Crippen LogP contribution < -0.4 is 10.1 Å². The van der Waals surface area contributed by atoms with Gasteiger partial charge >= 0.3 is 0 Å². The Morgan fingerprint density at radius 2 is 2.24 bits per heavy atom. The van der Waals surface area contributed by atoms with Crippen molar-refractivity contribution < 1.29 is 9.15 Å². The van der Waals surface area contributed by atoms with Gasteiger partial charge in [-0.2, -0.15) is 0 Å². The summed E-state index contributed by atoms with van der Waals surface area (Å²) < 4.78 is 11.3. The van der Waals surface area contributed by atoms with Crippen molar-refractivity contribution in [2.75, 3.05) is 7.11 Å². The monoisotopic (exact) mass is 287 g/mol. The fraction of sp³-hybridized carbons (Fsp3) is 0.556. The van der Waals surface area contributed by atoms with E-state index in [4.69, 9.17) is 9.15 Å². The van der Waals surface area contributed by atoms with E-state index in [9.17, 15) is 0 Å². The zero-order valence-corrected chi connectivity index (χ0v) is 13.2. The molecule has 3 heteroatoms. The first-order chi connectivity index (χ1) is 10.1. The summed E-state index contributed by atoms with van der Waals surface area (Å²) in [6.45, 7) is 5.53. The van der Waals surface area contributed by atoms with Crippen LogP contribution in [-0.2, 0) is 6.54 Å². The van der Waals surface area contributed by atoms with Gasteiger partial charge in [0.2, 0.25) is 0 Å². The molecule has 0 amide bonds. The van der Waals surface area contributed by atoms with Gasteiger partial charge in [0.1, 0.15) is 5.76 Å². The molecule has 1 unspecified atom stereocenters. The molecule has 1 fully saturated rings. The van der Waals surface area contributed by atoms with Crippen molar-refractivity contribution in [3.63, 3.8) is 0 Å². The van der Waals surface area contributed by atoms with Crippen LogP contribution in [0, 0.1) is 5.41 Å². The van der Waals surface area contributed by atoms with E-state index in [1.807, 2.05) is 12.1 Å². The van der Waals surface area contributed by atoms with Crippen molar-refractivity contribution in [1.82, 2.24) is 5.32 Å². The lowest BCUT2D eigenvalue weighted by molar-refractivity contribution is 0.196. The summed E-state index contributed by atoms with van der Waals surface area (Å²) in [7, 11) is 1.68. The maximum atomic E-state index is 5.95. The molecule has 0 aliphatic heterocycles. The lowest BCUT2D eigenvalue weighted by Crippen LogP contribution is -2.36. The highest BCUT2D eigenvalue weighted by molar-refractivity contribution is 5.83. The van der Waals surface area contributed by atoms with E-state index in [-0.39, 0.29) is 0 Å². The maximum absolute atomic E-state index is 5.95. The fourth-order valence-electron chi connectivity index (χ4n) is 3.45. The lowest BCUT2D eigenvalue weighted by Gasteiger charge is -2.35. The van der Waals surface area contributed by atoms with Crippen LogP contribution in [0.15, 0.2) is 28.7 Å². The Hall–Kier alpha value is -1.48. The molecule has 1 N–H and O–H groups in total. The van der Waals surface area contributed by atoms with E-state index < -0.39 is 0 Å². The number of furan rings is 1. The molecule has 1 aromatic carbocycles. The summed E-state index contributed by atoms with van der Waals surface area (Å²) >= 11 is 0. The molecular formula is C18H25NO2. The van der Waals surface area contributed by atoms with E-state index in [1.165, 1.54) is 25.7 Å². The molecule has 1 aliphatic rings. The van der Waals surface area contributed by atoms with Gasteiger partial charge in [0.15, 0.2) is 11.3 Å². The molecule has 1 atom stereocenters. The van der Waals surface area contributed by atoms with Crippen molar-refractivity contribution in [3.8, 4) is 5.75 Å². The van der Waals surface area contributed by atoms with Crippen LogP contribution >= 0.6 is 0 Å². The second-order valence-electron chi connectivity index (χ2n) is 6.93. The Morgan fingerprint density at radius 1 is 1.38 bits per heavy atom. The molecule has 3 nitrogen and oxygen atoms in total. The Balaban J connectivity index is 1.68. The molecule has 0 spiro atoms. The van der Waals surface area contributed by atoms with Gasteiger partial charge in [-0.05, 0) is 36.8 Å². The number of para-hydroxylation sites is 1. The molecule has 0 radical (unpaired) electrons. The average molecular weight is 287 g/mol. The quantitative estimate of drug-likeness (QED) is 0.899. The Bertz CT molecular complexity index is 615. The molecule has 0 bridgehead atoms. The van der Waals surface area contributed by atoms with E-state index in [2.05, 4.69) is 31.3 Å².